The molecule has 7 nitrogen and oxygen atoms in total. The molecule has 1 amide bonds. The van der Waals surface area contributed by atoms with Gasteiger partial charge in [0.15, 0.2) is 0 Å². The molecule has 0 radical (unpaired) electrons. The molecule has 0 unspecified atom stereocenters. The van der Waals surface area contributed by atoms with E-state index in [9.17, 15) is 9.59 Å². The van der Waals surface area contributed by atoms with Crippen LogP contribution in [0.3, 0.4) is 0 Å². The summed E-state index contributed by atoms with van der Waals surface area (Å²) < 4.78 is 1.70. The fourth-order valence-electron chi connectivity index (χ4n) is 2.66. The molecule has 0 atom stereocenters. The molecule has 1 N–H and O–H groups in total. The quantitative estimate of drug-likeness (QED) is 0.617. The highest BCUT2D eigenvalue weighted by atomic mass is 16.2. The summed E-state index contributed by atoms with van der Waals surface area (Å²) >= 11 is 0. The van der Waals surface area contributed by atoms with Crippen LogP contribution in [0.15, 0.2) is 78.4 Å². The molecule has 26 heavy (non-hydrogen) atoms. The van der Waals surface area contributed by atoms with Gasteiger partial charge in [0.25, 0.3) is 5.91 Å². The summed E-state index contributed by atoms with van der Waals surface area (Å²) in [6.45, 7) is 0. The Kier molecular flexibility index (Phi) is 3.95. The topological polar surface area (TPSA) is 89.8 Å². The summed E-state index contributed by atoms with van der Waals surface area (Å²) in [4.78, 5) is 37.7. The largest absolute Gasteiger partial charge is 0.320 e. The van der Waals surface area contributed by atoms with E-state index in [0.29, 0.717) is 16.7 Å². The predicted molar refractivity (Wildman–Crippen MR) is 97.3 cm³/mol. The minimum Gasteiger partial charge on any atom is -0.320 e. The van der Waals surface area contributed by atoms with Crippen molar-refractivity contribution in [1.82, 2.24) is 19.5 Å². The highest BCUT2D eigenvalue weighted by Gasteiger charge is 2.17. The van der Waals surface area contributed by atoms with Gasteiger partial charge in [-0.15, -0.1) is 0 Å². The molecule has 4 aromatic rings. The van der Waals surface area contributed by atoms with Gasteiger partial charge in [-0.1, -0.05) is 0 Å². The zero-order chi connectivity index (χ0) is 17.9. The van der Waals surface area contributed by atoms with Gasteiger partial charge in [-0.2, -0.15) is 0 Å². The van der Waals surface area contributed by atoms with Crippen LogP contribution in [0.4, 0.5) is 5.69 Å². The van der Waals surface area contributed by atoms with E-state index < -0.39 is 5.91 Å². The van der Waals surface area contributed by atoms with E-state index in [-0.39, 0.29) is 11.0 Å². The molecule has 0 bridgehead atoms. The van der Waals surface area contributed by atoms with E-state index in [1.165, 1.54) is 12.4 Å². The lowest BCUT2D eigenvalue weighted by atomic mass is 10.1. The Hall–Kier alpha value is -3.87. The first kappa shape index (κ1) is 15.6. The average Bonchev–Trinajstić information content (AvgIpc) is 2.70. The van der Waals surface area contributed by atoms with Crippen LogP contribution in [-0.4, -0.2) is 25.4 Å². The van der Waals surface area contributed by atoms with E-state index >= 15 is 0 Å². The summed E-state index contributed by atoms with van der Waals surface area (Å²) in [5.74, 6) is -0.503. The van der Waals surface area contributed by atoms with Gasteiger partial charge in [0.05, 0.1) is 23.0 Å². The Bertz CT molecular complexity index is 1140. The molecule has 0 saturated heterocycles. The number of nitrogens with zero attached hydrogens (tertiary/aromatic N) is 4. The summed E-state index contributed by atoms with van der Waals surface area (Å²) in [5, 5.41) is 3.06. The molecule has 7 heteroatoms. The van der Waals surface area contributed by atoms with E-state index in [2.05, 4.69) is 20.3 Å². The summed E-state index contributed by atoms with van der Waals surface area (Å²) in [6.07, 6.45) is 9.50. The SMILES string of the molecule is O=C(Nc1cccnc1)c1cn(-c2ccncc2)c2ncccc2c1=O. The Labute approximate surface area is 148 Å². The number of nitrogens with one attached hydrogen (secondary N) is 1. The molecular formula is C19H13N5O2. The minimum absolute atomic E-state index is 0.0196. The normalized spacial score (nSPS) is 10.6. The second-order valence-corrected chi connectivity index (χ2v) is 5.52. The number of aromatic nitrogens is 4. The number of hydrogen-bond acceptors (Lipinski definition) is 5. The van der Waals surface area contributed by atoms with Gasteiger partial charge in [-0.25, -0.2) is 4.98 Å². The Morgan fingerprint density at radius 2 is 1.77 bits per heavy atom. The highest BCUT2D eigenvalue weighted by molar-refractivity contribution is 6.05. The van der Waals surface area contributed by atoms with E-state index in [1.54, 1.807) is 65.8 Å². The third-order valence-corrected chi connectivity index (χ3v) is 3.87. The maximum atomic E-state index is 12.8. The Balaban J connectivity index is 1.89. The van der Waals surface area contributed by atoms with E-state index in [1.807, 2.05) is 0 Å². The first-order valence-corrected chi connectivity index (χ1v) is 7.86. The van der Waals surface area contributed by atoms with Crippen molar-refractivity contribution in [2.24, 2.45) is 0 Å². The Morgan fingerprint density at radius 3 is 2.54 bits per heavy atom. The van der Waals surface area contributed by atoms with Crippen LogP contribution in [0.1, 0.15) is 10.4 Å². The fraction of sp³-hybridized carbons (Fsp3) is 0. The molecular weight excluding hydrogens is 330 g/mol. The maximum Gasteiger partial charge on any atom is 0.261 e. The second-order valence-electron chi connectivity index (χ2n) is 5.52. The molecule has 0 aliphatic carbocycles. The third kappa shape index (κ3) is 2.82. The van der Waals surface area contributed by atoms with Crippen LogP contribution in [0.5, 0.6) is 0 Å². The van der Waals surface area contributed by atoms with Crippen molar-refractivity contribution in [3.8, 4) is 5.69 Å². The number of carbonyl (C=O) groups is 1. The zero-order valence-electron chi connectivity index (χ0n) is 13.5. The molecule has 4 rings (SSSR count). The molecule has 126 valence electrons. The monoisotopic (exact) mass is 343 g/mol. The van der Waals surface area contributed by atoms with Crippen molar-refractivity contribution in [2.75, 3.05) is 5.32 Å². The number of anilines is 1. The minimum atomic E-state index is -0.503. The molecule has 0 aromatic carbocycles. The highest BCUT2D eigenvalue weighted by Crippen LogP contribution is 2.16. The predicted octanol–water partition coefficient (Wildman–Crippen LogP) is 2.43. The van der Waals surface area contributed by atoms with Crippen molar-refractivity contribution in [1.29, 1.82) is 0 Å². The molecule has 0 spiro atoms. The standard InChI is InChI=1S/C19H13N5O2/c25-17-15-4-2-8-22-18(15)24(14-5-9-20-10-6-14)12-16(17)19(26)23-13-3-1-7-21-11-13/h1-12H,(H,23,26). The molecule has 0 aliphatic rings. The molecule has 4 heterocycles. The van der Waals surface area contributed by atoms with E-state index in [0.717, 1.165) is 5.69 Å². The van der Waals surface area contributed by atoms with E-state index in [4.69, 9.17) is 0 Å². The summed E-state index contributed by atoms with van der Waals surface area (Å²) in [5.41, 5.74) is 1.38. The zero-order valence-corrected chi connectivity index (χ0v) is 13.5. The van der Waals surface area contributed by atoms with Crippen LogP contribution in [0.25, 0.3) is 16.7 Å². The third-order valence-electron chi connectivity index (χ3n) is 3.87. The van der Waals surface area contributed by atoms with Crippen molar-refractivity contribution >= 4 is 22.6 Å². The summed E-state index contributed by atoms with van der Waals surface area (Å²) in [7, 11) is 0. The number of hydrogen-bond donors (Lipinski definition) is 1. The Morgan fingerprint density at radius 1 is 0.962 bits per heavy atom. The van der Waals surface area contributed by atoms with Crippen molar-refractivity contribution < 1.29 is 4.79 Å². The molecule has 0 fully saturated rings. The lowest BCUT2D eigenvalue weighted by molar-refractivity contribution is 0.102. The van der Waals surface area contributed by atoms with Gasteiger partial charge >= 0.3 is 0 Å². The number of carbonyl (C=O) groups excluding carboxylic acids is 1. The van der Waals surface area contributed by atoms with Gasteiger partial charge in [0, 0.05) is 31.0 Å². The van der Waals surface area contributed by atoms with Gasteiger partial charge in [0.2, 0.25) is 5.43 Å². The van der Waals surface area contributed by atoms with Crippen LogP contribution in [0, 0.1) is 0 Å². The lowest BCUT2D eigenvalue weighted by Crippen LogP contribution is -2.24. The van der Waals surface area contributed by atoms with Gasteiger partial charge < -0.3 is 9.88 Å². The lowest BCUT2D eigenvalue weighted by Gasteiger charge is -2.12. The van der Waals surface area contributed by atoms with Crippen LogP contribution < -0.4 is 10.7 Å². The maximum absolute atomic E-state index is 12.8. The number of fused-ring (bicyclic) bond motifs is 1. The van der Waals surface area contributed by atoms with Crippen LogP contribution in [-0.2, 0) is 0 Å². The molecule has 4 aromatic heterocycles. The number of amides is 1. The smallest absolute Gasteiger partial charge is 0.261 e. The summed E-state index contributed by atoms with van der Waals surface area (Å²) in [6, 6.07) is 10.3. The molecule has 0 aliphatic heterocycles. The number of rotatable bonds is 3. The first-order chi connectivity index (χ1) is 12.7. The van der Waals surface area contributed by atoms with Crippen molar-refractivity contribution in [2.45, 2.75) is 0 Å². The van der Waals surface area contributed by atoms with Crippen LogP contribution in [0.2, 0.25) is 0 Å². The number of pyridine rings is 4. The van der Waals surface area contributed by atoms with Gasteiger partial charge in [-0.05, 0) is 36.4 Å². The fourth-order valence-corrected chi connectivity index (χ4v) is 2.66. The average molecular weight is 343 g/mol. The molecule has 0 saturated carbocycles. The first-order valence-electron chi connectivity index (χ1n) is 7.86. The van der Waals surface area contributed by atoms with Crippen LogP contribution >= 0.6 is 0 Å². The second kappa shape index (κ2) is 6.56. The van der Waals surface area contributed by atoms with Crippen molar-refractivity contribution in [3.63, 3.8) is 0 Å². The van der Waals surface area contributed by atoms with Crippen molar-refractivity contribution in [3.05, 3.63) is 89.4 Å². The van der Waals surface area contributed by atoms with Gasteiger partial charge in [-0.3, -0.25) is 19.6 Å². The van der Waals surface area contributed by atoms with Gasteiger partial charge in [0.1, 0.15) is 11.2 Å².